The molecule has 0 N–H and O–H groups in total. The van der Waals surface area contributed by atoms with Gasteiger partial charge in [0.1, 0.15) is 6.04 Å². The number of rotatable bonds is 2. The van der Waals surface area contributed by atoms with Gasteiger partial charge in [0.2, 0.25) is 0 Å². The number of hydrogen-bond acceptors (Lipinski definition) is 2. The molecule has 2 nitrogen and oxygen atoms in total. The normalized spacial score (nSPS) is 16.7. The van der Waals surface area contributed by atoms with Gasteiger partial charge in [-0.05, 0) is 42.9 Å². The van der Waals surface area contributed by atoms with E-state index in [2.05, 4.69) is 11.2 Å². The molecule has 13 heavy (non-hydrogen) atoms. The van der Waals surface area contributed by atoms with Crippen LogP contribution >= 0.6 is 0 Å². The zero-order valence-electron chi connectivity index (χ0n) is 7.79. The third-order valence-electron chi connectivity index (χ3n) is 2.79. The molecule has 1 aliphatic rings. The summed E-state index contributed by atoms with van der Waals surface area (Å²) < 4.78 is 0. The van der Waals surface area contributed by atoms with E-state index in [1.807, 2.05) is 19.1 Å². The van der Waals surface area contributed by atoms with E-state index < -0.39 is 0 Å². The second-order valence-corrected chi connectivity index (χ2v) is 3.62. The average molecular weight is 175 g/mol. The summed E-state index contributed by atoms with van der Waals surface area (Å²) in [4.78, 5) is 10.5. The number of hydrogen-bond donors (Lipinski definition) is 0. The minimum Gasteiger partial charge on any atom is -0.150 e. The van der Waals surface area contributed by atoms with Gasteiger partial charge in [-0.1, -0.05) is 23.4 Å². The molecule has 2 heteroatoms. The van der Waals surface area contributed by atoms with E-state index in [0.29, 0.717) is 0 Å². The van der Waals surface area contributed by atoms with E-state index in [4.69, 9.17) is 0 Å². The molecule has 1 atom stereocenters. The molecule has 0 saturated heterocycles. The van der Waals surface area contributed by atoms with Gasteiger partial charge >= 0.3 is 0 Å². The topological polar surface area (TPSA) is 29.4 Å². The standard InChI is InChI=1S/C11H13NO/c1-8(12-13)10-6-2-4-9-5-3-7-11(9)10/h2,4,6,8H,3,5,7H2,1H3. The van der Waals surface area contributed by atoms with Crippen molar-refractivity contribution in [3.63, 3.8) is 0 Å². The molecule has 1 aliphatic carbocycles. The molecule has 0 saturated carbocycles. The van der Waals surface area contributed by atoms with E-state index in [9.17, 15) is 4.91 Å². The van der Waals surface area contributed by atoms with Gasteiger partial charge in [0.05, 0.1) is 0 Å². The van der Waals surface area contributed by atoms with Crippen LogP contribution in [0.2, 0.25) is 0 Å². The molecule has 1 aromatic carbocycles. The highest BCUT2D eigenvalue weighted by molar-refractivity contribution is 5.40. The summed E-state index contributed by atoms with van der Waals surface area (Å²) in [6.07, 6.45) is 3.50. The Hall–Kier alpha value is -1.18. The van der Waals surface area contributed by atoms with Gasteiger partial charge in [0.15, 0.2) is 0 Å². The van der Waals surface area contributed by atoms with Crippen molar-refractivity contribution in [1.29, 1.82) is 0 Å². The first-order valence-electron chi connectivity index (χ1n) is 4.76. The van der Waals surface area contributed by atoms with Crippen molar-refractivity contribution < 1.29 is 0 Å². The number of nitrogens with zero attached hydrogens (tertiary/aromatic N) is 1. The summed E-state index contributed by atoms with van der Waals surface area (Å²) in [6, 6.07) is 6.02. The maximum absolute atomic E-state index is 10.5. The van der Waals surface area contributed by atoms with E-state index in [-0.39, 0.29) is 6.04 Å². The van der Waals surface area contributed by atoms with Crippen molar-refractivity contribution in [2.45, 2.75) is 32.2 Å². The fraction of sp³-hybridized carbons (Fsp3) is 0.455. The second-order valence-electron chi connectivity index (χ2n) is 3.62. The molecule has 0 aliphatic heterocycles. The zero-order chi connectivity index (χ0) is 9.26. The number of nitroso groups, excluding NO2 is 1. The first-order chi connectivity index (χ1) is 6.33. The lowest BCUT2D eigenvalue weighted by Crippen LogP contribution is -1.95. The molecule has 1 aromatic rings. The fourth-order valence-electron chi connectivity index (χ4n) is 2.10. The predicted octanol–water partition coefficient (Wildman–Crippen LogP) is 3.00. The van der Waals surface area contributed by atoms with Crippen LogP contribution in [-0.2, 0) is 12.8 Å². The SMILES string of the molecule is CC(N=O)c1cccc2c1CCC2. The van der Waals surface area contributed by atoms with Crippen LogP contribution in [0.3, 0.4) is 0 Å². The van der Waals surface area contributed by atoms with E-state index in [0.717, 1.165) is 18.4 Å². The summed E-state index contributed by atoms with van der Waals surface area (Å²) in [5.41, 5.74) is 3.91. The average Bonchev–Trinajstić information content (AvgIpc) is 2.63. The molecule has 0 bridgehead atoms. The van der Waals surface area contributed by atoms with Crippen molar-refractivity contribution >= 4 is 0 Å². The highest BCUT2D eigenvalue weighted by Crippen LogP contribution is 2.30. The summed E-state index contributed by atoms with van der Waals surface area (Å²) in [5, 5.41) is 3.09. The summed E-state index contributed by atoms with van der Waals surface area (Å²) in [5.74, 6) is 0. The first-order valence-corrected chi connectivity index (χ1v) is 4.76. The third kappa shape index (κ3) is 1.37. The molecular weight excluding hydrogens is 162 g/mol. The van der Waals surface area contributed by atoms with Crippen molar-refractivity contribution in [3.8, 4) is 0 Å². The van der Waals surface area contributed by atoms with Crippen LogP contribution in [0.5, 0.6) is 0 Å². The van der Waals surface area contributed by atoms with Gasteiger partial charge < -0.3 is 0 Å². The number of aryl methyl sites for hydroxylation is 1. The molecular formula is C11H13NO. The van der Waals surface area contributed by atoms with Crippen LogP contribution in [-0.4, -0.2) is 0 Å². The zero-order valence-corrected chi connectivity index (χ0v) is 7.79. The molecule has 0 heterocycles. The molecule has 0 amide bonds. The number of benzene rings is 1. The molecule has 2 rings (SSSR count). The lowest BCUT2D eigenvalue weighted by atomic mass is 9.99. The van der Waals surface area contributed by atoms with Crippen molar-refractivity contribution in [3.05, 3.63) is 39.8 Å². The van der Waals surface area contributed by atoms with Crippen LogP contribution in [0.4, 0.5) is 0 Å². The Kier molecular flexibility index (Phi) is 2.13. The van der Waals surface area contributed by atoms with E-state index >= 15 is 0 Å². The van der Waals surface area contributed by atoms with Crippen LogP contribution in [0.25, 0.3) is 0 Å². The lowest BCUT2D eigenvalue weighted by Gasteiger charge is -2.09. The molecule has 0 radical (unpaired) electrons. The molecule has 0 aromatic heterocycles. The maximum atomic E-state index is 10.5. The molecule has 1 unspecified atom stereocenters. The van der Waals surface area contributed by atoms with Crippen LogP contribution in [0.1, 0.15) is 36.1 Å². The van der Waals surface area contributed by atoms with Crippen molar-refractivity contribution in [2.75, 3.05) is 0 Å². The minimum absolute atomic E-state index is 0.187. The summed E-state index contributed by atoms with van der Waals surface area (Å²) >= 11 is 0. The Morgan fingerprint density at radius 3 is 3.00 bits per heavy atom. The van der Waals surface area contributed by atoms with Gasteiger partial charge in [0, 0.05) is 0 Å². The lowest BCUT2D eigenvalue weighted by molar-refractivity contribution is 0.793. The Bertz CT molecular complexity index is 333. The van der Waals surface area contributed by atoms with Gasteiger partial charge in [-0.2, -0.15) is 4.91 Å². The van der Waals surface area contributed by atoms with Gasteiger partial charge in [-0.3, -0.25) is 0 Å². The predicted molar refractivity (Wildman–Crippen MR) is 52.7 cm³/mol. The van der Waals surface area contributed by atoms with Crippen LogP contribution < -0.4 is 0 Å². The highest BCUT2D eigenvalue weighted by atomic mass is 16.3. The molecule has 68 valence electrons. The Balaban J connectivity index is 2.46. The largest absolute Gasteiger partial charge is 0.150 e. The minimum atomic E-state index is -0.187. The second kappa shape index (κ2) is 3.29. The van der Waals surface area contributed by atoms with E-state index in [1.165, 1.54) is 17.5 Å². The quantitative estimate of drug-likeness (QED) is 0.635. The van der Waals surface area contributed by atoms with Crippen molar-refractivity contribution in [2.24, 2.45) is 5.18 Å². The highest BCUT2D eigenvalue weighted by Gasteiger charge is 2.17. The monoisotopic (exact) mass is 175 g/mol. The van der Waals surface area contributed by atoms with Crippen molar-refractivity contribution in [1.82, 2.24) is 0 Å². The number of fused-ring (bicyclic) bond motifs is 1. The Labute approximate surface area is 77.9 Å². The molecule has 0 fully saturated rings. The van der Waals surface area contributed by atoms with Crippen LogP contribution in [0.15, 0.2) is 23.4 Å². The maximum Gasteiger partial charge on any atom is 0.114 e. The summed E-state index contributed by atoms with van der Waals surface area (Å²) in [6.45, 7) is 1.86. The molecule has 0 spiro atoms. The van der Waals surface area contributed by atoms with Crippen LogP contribution in [0, 0.1) is 4.91 Å². The Morgan fingerprint density at radius 1 is 1.38 bits per heavy atom. The fourth-order valence-corrected chi connectivity index (χ4v) is 2.10. The smallest absolute Gasteiger partial charge is 0.114 e. The third-order valence-corrected chi connectivity index (χ3v) is 2.79. The van der Waals surface area contributed by atoms with Gasteiger partial charge in [0.25, 0.3) is 0 Å². The van der Waals surface area contributed by atoms with Gasteiger partial charge in [-0.25, -0.2) is 0 Å². The van der Waals surface area contributed by atoms with E-state index in [1.54, 1.807) is 0 Å². The van der Waals surface area contributed by atoms with Gasteiger partial charge in [-0.15, -0.1) is 0 Å². The first kappa shape index (κ1) is 8.42. The summed E-state index contributed by atoms with van der Waals surface area (Å²) in [7, 11) is 0. The Morgan fingerprint density at radius 2 is 2.23 bits per heavy atom.